The van der Waals surface area contributed by atoms with Gasteiger partial charge in [0, 0.05) is 29.6 Å². The SMILES string of the molecule is O=C(Cc1ccccc1)N[C@@H]1C(=O)N2C(C(=O)OC(c3ccccc3)c3ccccc3)=C(COc3ccc4ccc(=O)oc4c3)C3(CCNN3)S[C@H]12. The van der Waals surface area contributed by atoms with Gasteiger partial charge in [-0.15, -0.1) is 11.8 Å². The first-order valence-corrected chi connectivity index (χ1v) is 17.8. The molecule has 12 heteroatoms. The van der Waals surface area contributed by atoms with Crippen molar-refractivity contribution in [3.63, 3.8) is 0 Å². The molecule has 1 aromatic heterocycles. The summed E-state index contributed by atoms with van der Waals surface area (Å²) in [6.45, 7) is 0.472. The summed E-state index contributed by atoms with van der Waals surface area (Å²) in [6, 6.07) is 35.4. The van der Waals surface area contributed by atoms with Crippen molar-refractivity contribution < 1.29 is 28.3 Å². The Hall–Kier alpha value is -5.69. The molecule has 3 N–H and O–H groups in total. The van der Waals surface area contributed by atoms with Crippen molar-refractivity contribution in [2.24, 2.45) is 0 Å². The van der Waals surface area contributed by atoms with Crippen molar-refractivity contribution in [3.8, 4) is 5.75 Å². The van der Waals surface area contributed by atoms with Crippen LogP contribution < -0.4 is 26.5 Å². The normalized spacial score (nSPS) is 20.9. The molecular formula is C40H34N4O7S. The smallest absolute Gasteiger partial charge is 0.356 e. The molecule has 0 saturated carbocycles. The van der Waals surface area contributed by atoms with Crippen LogP contribution in [0, 0.1) is 0 Å². The molecule has 5 aromatic rings. The highest BCUT2D eigenvalue weighted by molar-refractivity contribution is 8.01. The Morgan fingerprint density at radius 3 is 2.25 bits per heavy atom. The second kappa shape index (κ2) is 14.1. The fourth-order valence-corrected chi connectivity index (χ4v) is 8.53. The molecule has 0 bridgehead atoms. The lowest BCUT2D eigenvalue weighted by Gasteiger charge is -2.54. The zero-order valence-corrected chi connectivity index (χ0v) is 28.6. The Balaban J connectivity index is 1.17. The van der Waals surface area contributed by atoms with Crippen molar-refractivity contribution in [1.82, 2.24) is 21.1 Å². The molecule has 4 aromatic carbocycles. The molecule has 2 saturated heterocycles. The van der Waals surface area contributed by atoms with Crippen LogP contribution in [-0.4, -0.2) is 52.1 Å². The lowest BCUT2D eigenvalue weighted by atomic mass is 9.96. The molecule has 52 heavy (non-hydrogen) atoms. The maximum atomic E-state index is 14.7. The molecule has 1 spiro atoms. The van der Waals surface area contributed by atoms with Gasteiger partial charge in [-0.3, -0.25) is 19.9 Å². The van der Waals surface area contributed by atoms with Gasteiger partial charge in [-0.05, 0) is 41.3 Å². The van der Waals surface area contributed by atoms with Crippen molar-refractivity contribution in [2.45, 2.75) is 35.2 Å². The summed E-state index contributed by atoms with van der Waals surface area (Å²) in [5, 5.41) is 3.05. The third-order valence-corrected chi connectivity index (χ3v) is 11.1. The van der Waals surface area contributed by atoms with Crippen LogP contribution in [0.15, 0.2) is 142 Å². The number of fused-ring (bicyclic) bond motifs is 2. The number of hydrogen-bond acceptors (Lipinski definition) is 10. The molecule has 11 nitrogen and oxygen atoms in total. The Kier molecular flexibility index (Phi) is 9.10. The fraction of sp³-hybridized carbons (Fsp3) is 0.200. The van der Waals surface area contributed by atoms with Gasteiger partial charge >= 0.3 is 11.6 Å². The topological polar surface area (TPSA) is 139 Å². The van der Waals surface area contributed by atoms with Crippen molar-refractivity contribution in [1.29, 1.82) is 0 Å². The molecule has 1 unspecified atom stereocenters. The summed E-state index contributed by atoms with van der Waals surface area (Å²) in [5.41, 5.74) is 9.34. The first kappa shape index (κ1) is 33.5. The van der Waals surface area contributed by atoms with Gasteiger partial charge in [0.1, 0.15) is 39.9 Å². The third kappa shape index (κ3) is 6.47. The number of rotatable bonds is 10. The molecule has 3 atom stereocenters. The zero-order valence-electron chi connectivity index (χ0n) is 27.8. The summed E-state index contributed by atoms with van der Waals surface area (Å²) < 4.78 is 18.1. The predicted molar refractivity (Wildman–Crippen MR) is 195 cm³/mol. The first-order chi connectivity index (χ1) is 25.4. The lowest BCUT2D eigenvalue weighted by molar-refractivity contribution is -0.155. The Morgan fingerprint density at radius 1 is 0.904 bits per heavy atom. The van der Waals surface area contributed by atoms with Crippen LogP contribution in [0.4, 0.5) is 0 Å². The summed E-state index contributed by atoms with van der Waals surface area (Å²) in [5.74, 6) is -1.02. The molecule has 8 rings (SSSR count). The van der Waals surface area contributed by atoms with E-state index in [0.717, 1.165) is 22.1 Å². The second-order valence-corrected chi connectivity index (χ2v) is 14.1. The number of β-lactam (4-membered cyclic amide) rings is 1. The Labute approximate surface area is 303 Å². The van der Waals surface area contributed by atoms with Crippen molar-refractivity contribution in [2.75, 3.05) is 13.2 Å². The fourth-order valence-electron chi connectivity index (χ4n) is 6.84. The molecule has 0 aliphatic carbocycles. The summed E-state index contributed by atoms with van der Waals surface area (Å²) in [4.78, 5) is 54.4. The van der Waals surface area contributed by atoms with E-state index in [4.69, 9.17) is 13.9 Å². The summed E-state index contributed by atoms with van der Waals surface area (Å²) in [6.07, 6.45) is -0.119. The van der Waals surface area contributed by atoms with Crippen LogP contribution in [0.5, 0.6) is 5.75 Å². The van der Waals surface area contributed by atoms with Gasteiger partial charge in [0.2, 0.25) is 5.91 Å². The monoisotopic (exact) mass is 714 g/mol. The largest absolute Gasteiger partial charge is 0.489 e. The number of esters is 1. The highest BCUT2D eigenvalue weighted by Gasteiger charge is 2.61. The molecule has 2 amide bonds. The number of hydrogen-bond donors (Lipinski definition) is 3. The van der Waals surface area contributed by atoms with Gasteiger partial charge in [-0.2, -0.15) is 0 Å². The number of nitrogens with one attached hydrogen (secondary N) is 3. The van der Waals surface area contributed by atoms with E-state index in [-0.39, 0.29) is 24.6 Å². The summed E-state index contributed by atoms with van der Waals surface area (Å²) >= 11 is 1.44. The minimum atomic E-state index is -0.892. The van der Waals surface area contributed by atoms with E-state index in [0.29, 0.717) is 29.9 Å². The molecule has 3 aliphatic rings. The van der Waals surface area contributed by atoms with Crippen LogP contribution in [0.2, 0.25) is 0 Å². The lowest BCUT2D eigenvalue weighted by Crippen LogP contribution is -2.73. The van der Waals surface area contributed by atoms with E-state index >= 15 is 0 Å². The number of amides is 2. The third-order valence-electron chi connectivity index (χ3n) is 9.40. The van der Waals surface area contributed by atoms with Gasteiger partial charge in [0.25, 0.3) is 5.91 Å². The number of carbonyl (C=O) groups excluding carboxylic acids is 3. The summed E-state index contributed by atoms with van der Waals surface area (Å²) in [7, 11) is 0. The highest BCUT2D eigenvalue weighted by Crippen LogP contribution is 2.52. The van der Waals surface area contributed by atoms with Gasteiger partial charge in [0.15, 0.2) is 6.10 Å². The standard InChI is InChI=1S/C40H34N4O7S/c45-32(22-25-10-4-1-5-11-25)42-34-37(47)44-35(39(48)51-36(27-12-6-2-7-13-27)28-14-8-3-9-15-28)30(40(52-38(34)44)20-21-41-43-40)24-49-29-18-16-26-17-19-33(46)50-31(26)23-29/h1-19,23,34,36,38,41,43H,20-22,24H2,(H,42,45)/t34-,38-,40?/m1/s1. The van der Waals surface area contributed by atoms with Crippen molar-refractivity contribution >= 4 is 40.5 Å². The van der Waals surface area contributed by atoms with Crippen LogP contribution in [0.25, 0.3) is 11.0 Å². The Bertz CT molecular complexity index is 2180. The van der Waals surface area contributed by atoms with E-state index in [1.54, 1.807) is 24.3 Å². The van der Waals surface area contributed by atoms with Crippen LogP contribution in [0.3, 0.4) is 0 Å². The molecule has 2 fully saturated rings. The van der Waals surface area contributed by atoms with Crippen molar-refractivity contribution in [3.05, 3.63) is 160 Å². The number of nitrogens with zero attached hydrogens (tertiary/aromatic N) is 1. The average molecular weight is 715 g/mol. The van der Waals surface area contributed by atoms with E-state index in [1.807, 2.05) is 91.0 Å². The van der Waals surface area contributed by atoms with Crippen LogP contribution in [0.1, 0.15) is 29.2 Å². The van der Waals surface area contributed by atoms with Gasteiger partial charge in [-0.1, -0.05) is 91.0 Å². The average Bonchev–Trinajstić information content (AvgIpc) is 3.64. The van der Waals surface area contributed by atoms with E-state index in [2.05, 4.69) is 16.2 Å². The van der Waals surface area contributed by atoms with Crippen LogP contribution in [-0.2, 0) is 25.5 Å². The minimum absolute atomic E-state index is 0.0580. The highest BCUT2D eigenvalue weighted by atomic mass is 32.2. The zero-order chi connectivity index (χ0) is 35.7. The Morgan fingerprint density at radius 2 is 1.58 bits per heavy atom. The number of ether oxygens (including phenoxy) is 2. The van der Waals surface area contributed by atoms with Gasteiger partial charge < -0.3 is 19.2 Å². The molecule has 4 heterocycles. The van der Waals surface area contributed by atoms with E-state index in [1.165, 1.54) is 22.7 Å². The molecule has 0 radical (unpaired) electrons. The number of benzene rings is 4. The molecule has 3 aliphatic heterocycles. The molecular weight excluding hydrogens is 681 g/mol. The van der Waals surface area contributed by atoms with Crippen LogP contribution >= 0.6 is 11.8 Å². The predicted octanol–water partition coefficient (Wildman–Crippen LogP) is 4.60. The van der Waals surface area contributed by atoms with E-state index < -0.39 is 39.9 Å². The quantitative estimate of drug-likeness (QED) is 0.107. The number of carbonyl (C=O) groups is 3. The second-order valence-electron chi connectivity index (χ2n) is 12.7. The van der Waals surface area contributed by atoms with Gasteiger partial charge in [-0.25, -0.2) is 15.0 Å². The maximum absolute atomic E-state index is 14.7. The van der Waals surface area contributed by atoms with E-state index in [9.17, 15) is 19.2 Å². The minimum Gasteiger partial charge on any atom is -0.489 e. The number of hydrazine groups is 1. The first-order valence-electron chi connectivity index (χ1n) is 16.9. The maximum Gasteiger partial charge on any atom is 0.356 e. The van der Waals surface area contributed by atoms with Gasteiger partial charge in [0.05, 0.1) is 6.42 Å². The number of thioether (sulfide) groups is 1. The molecule has 262 valence electrons.